The lowest BCUT2D eigenvalue weighted by atomic mass is 9.90. The van der Waals surface area contributed by atoms with Gasteiger partial charge in [0.2, 0.25) is 11.9 Å². The summed E-state index contributed by atoms with van der Waals surface area (Å²) in [7, 11) is 0. The van der Waals surface area contributed by atoms with Gasteiger partial charge >= 0.3 is 6.09 Å². The van der Waals surface area contributed by atoms with Gasteiger partial charge < -0.3 is 4.74 Å². The molecule has 0 radical (unpaired) electrons. The zero-order chi connectivity index (χ0) is 14.3. The molecule has 6 heteroatoms. The molecule has 104 valence electrons. The molecule has 1 aromatic carbocycles. The maximum Gasteiger partial charge on any atom is 0.413 e. The quantitative estimate of drug-likeness (QED) is 0.618. The molecule has 0 saturated heterocycles. The van der Waals surface area contributed by atoms with Crippen molar-refractivity contribution in [3.8, 4) is 11.8 Å². The van der Waals surface area contributed by atoms with Gasteiger partial charge in [-0.15, -0.1) is 0 Å². The molecule has 2 aliphatic rings. The second-order valence-electron chi connectivity index (χ2n) is 4.89. The fraction of sp³-hybridized carbons (Fsp3) is 0.357. The molecule has 20 heavy (non-hydrogen) atoms. The van der Waals surface area contributed by atoms with Crippen LogP contribution >= 0.6 is 11.6 Å². The summed E-state index contributed by atoms with van der Waals surface area (Å²) < 4.78 is 19.1. The summed E-state index contributed by atoms with van der Waals surface area (Å²) in [6.45, 7) is 0. The molecule has 1 aliphatic heterocycles. The van der Waals surface area contributed by atoms with Crippen molar-refractivity contribution in [2.45, 2.75) is 24.7 Å². The number of halogens is 2. The van der Waals surface area contributed by atoms with Gasteiger partial charge in [0.25, 0.3) is 0 Å². The van der Waals surface area contributed by atoms with E-state index in [1.807, 2.05) is 0 Å². The van der Waals surface area contributed by atoms with Crippen LogP contribution in [0.2, 0.25) is 5.02 Å². The number of hydrogen-bond acceptors (Lipinski definition) is 3. The van der Waals surface area contributed by atoms with E-state index in [0.29, 0.717) is 16.3 Å². The predicted octanol–water partition coefficient (Wildman–Crippen LogP) is 2.77. The van der Waals surface area contributed by atoms with Crippen molar-refractivity contribution < 1.29 is 13.9 Å². The number of carbonyl (C=O) groups excluding carboxylic acids is 1. The zero-order valence-electron chi connectivity index (χ0n) is 10.5. The number of anilines is 1. The Hall–Kier alpha value is -1.77. The smallest absolute Gasteiger partial charge is 0.413 e. The van der Waals surface area contributed by atoms with Gasteiger partial charge in [-0.05, 0) is 37.0 Å². The van der Waals surface area contributed by atoms with Crippen LogP contribution in [0, 0.1) is 17.8 Å². The maximum absolute atomic E-state index is 14.0. The highest BCUT2D eigenvalue weighted by Crippen LogP contribution is 2.40. The van der Waals surface area contributed by atoms with Gasteiger partial charge in [-0.25, -0.2) is 9.18 Å². The van der Waals surface area contributed by atoms with E-state index in [4.69, 9.17) is 22.1 Å². The van der Waals surface area contributed by atoms with E-state index in [-0.39, 0.29) is 5.92 Å². The van der Waals surface area contributed by atoms with Crippen molar-refractivity contribution in [1.29, 1.82) is 0 Å². The van der Waals surface area contributed by atoms with Crippen molar-refractivity contribution in [2.75, 3.05) is 5.32 Å². The zero-order valence-corrected chi connectivity index (χ0v) is 11.2. The van der Waals surface area contributed by atoms with Gasteiger partial charge in [0.1, 0.15) is 0 Å². The fourth-order valence-electron chi connectivity index (χ4n) is 2.07. The van der Waals surface area contributed by atoms with Gasteiger partial charge in [0, 0.05) is 16.5 Å². The lowest BCUT2D eigenvalue weighted by Gasteiger charge is -2.35. The Balaban J connectivity index is 2.16. The molecule has 2 atom stereocenters. The lowest BCUT2D eigenvalue weighted by molar-refractivity contribution is -0.00364. The molecule has 3 N–H and O–H groups in total. The van der Waals surface area contributed by atoms with Crippen molar-refractivity contribution in [1.82, 2.24) is 0 Å². The number of ether oxygens (including phenoxy) is 1. The molecule has 4 nitrogen and oxygen atoms in total. The highest BCUT2D eigenvalue weighted by atomic mass is 35.5. The maximum atomic E-state index is 14.0. The van der Waals surface area contributed by atoms with Crippen LogP contribution < -0.4 is 11.1 Å². The monoisotopic (exact) mass is 294 g/mol. The normalized spacial score (nSPS) is 25.6. The van der Waals surface area contributed by atoms with Crippen molar-refractivity contribution in [3.63, 3.8) is 0 Å². The van der Waals surface area contributed by atoms with Gasteiger partial charge in [0.15, 0.2) is 0 Å². The van der Waals surface area contributed by atoms with E-state index in [0.717, 1.165) is 12.8 Å². The summed E-state index contributed by atoms with van der Waals surface area (Å²) >= 11 is 5.94. The summed E-state index contributed by atoms with van der Waals surface area (Å²) in [6.07, 6.45) is -0.798. The van der Waals surface area contributed by atoms with E-state index in [1.54, 1.807) is 12.1 Å². The summed E-state index contributed by atoms with van der Waals surface area (Å²) in [5.41, 5.74) is 4.37. The average molecular weight is 295 g/mol. The molecule has 1 aromatic rings. The highest BCUT2D eigenvalue weighted by Gasteiger charge is 2.47. The van der Waals surface area contributed by atoms with Gasteiger partial charge in [-0.3, -0.25) is 11.1 Å². The average Bonchev–Trinajstić information content (AvgIpc) is 3.20. The van der Waals surface area contributed by atoms with Crippen LogP contribution in [-0.4, -0.2) is 12.4 Å². The molecule has 1 amide bonds. The number of carbonyl (C=O) groups is 1. The summed E-state index contributed by atoms with van der Waals surface area (Å²) in [4.78, 5) is 11.6. The van der Waals surface area contributed by atoms with E-state index in [2.05, 4.69) is 17.2 Å². The molecular weight excluding hydrogens is 283 g/mol. The number of nitrogens with two attached hydrogens (primary N) is 1. The number of alkyl halides is 1. The Labute approximate surface area is 120 Å². The fourth-order valence-corrected chi connectivity index (χ4v) is 2.25. The van der Waals surface area contributed by atoms with E-state index >= 15 is 0 Å². The number of benzene rings is 1. The topological polar surface area (TPSA) is 64.3 Å². The SMILES string of the molecule is N[C@@H](F)C1(C#CC2CC2)OC(=O)Nc2ccc(Cl)cc21. The largest absolute Gasteiger partial charge is 0.420 e. The van der Waals surface area contributed by atoms with Crippen molar-refractivity contribution in [2.24, 2.45) is 11.7 Å². The Bertz CT molecular complexity index is 634. The van der Waals surface area contributed by atoms with E-state index in [1.165, 1.54) is 6.07 Å². The molecule has 3 rings (SSSR count). The Kier molecular flexibility index (Phi) is 3.08. The third kappa shape index (κ3) is 2.21. The van der Waals surface area contributed by atoms with Crippen LogP contribution in [0.4, 0.5) is 14.9 Å². The van der Waals surface area contributed by atoms with Crippen LogP contribution in [0.3, 0.4) is 0 Å². The minimum absolute atomic E-state index is 0.224. The van der Waals surface area contributed by atoms with Crippen LogP contribution in [0.15, 0.2) is 18.2 Å². The standard InChI is InChI=1S/C14H12ClFN2O2/c15-9-3-4-11-10(7-9)14(12(16)17,20-13(19)18-11)6-5-8-1-2-8/h3-4,7-8,12H,1-2,17H2,(H,18,19)/t12-,14?/m1/s1. The Morgan fingerprint density at radius 1 is 1.55 bits per heavy atom. The first kappa shape index (κ1) is 13.2. The minimum Gasteiger partial charge on any atom is -0.420 e. The second-order valence-corrected chi connectivity index (χ2v) is 5.32. The molecular formula is C14H12ClFN2O2. The Morgan fingerprint density at radius 2 is 2.30 bits per heavy atom. The molecule has 1 fully saturated rings. The molecule has 1 unspecified atom stereocenters. The van der Waals surface area contributed by atoms with Gasteiger partial charge in [0.05, 0.1) is 5.69 Å². The van der Waals surface area contributed by atoms with E-state index < -0.39 is 18.0 Å². The summed E-state index contributed by atoms with van der Waals surface area (Å²) in [5.74, 6) is 5.85. The molecule has 1 aliphatic carbocycles. The summed E-state index contributed by atoms with van der Waals surface area (Å²) in [5, 5.41) is 2.88. The number of hydrogen-bond donors (Lipinski definition) is 2. The third-order valence-electron chi connectivity index (χ3n) is 3.30. The van der Waals surface area contributed by atoms with Crippen molar-refractivity contribution in [3.05, 3.63) is 28.8 Å². The van der Waals surface area contributed by atoms with Crippen LogP contribution in [0.25, 0.3) is 0 Å². The number of fused-ring (bicyclic) bond motifs is 1. The Morgan fingerprint density at radius 3 is 2.95 bits per heavy atom. The third-order valence-corrected chi connectivity index (χ3v) is 3.53. The molecule has 0 spiro atoms. The van der Waals surface area contributed by atoms with E-state index in [9.17, 15) is 9.18 Å². The number of nitrogens with one attached hydrogen (secondary N) is 1. The highest BCUT2D eigenvalue weighted by molar-refractivity contribution is 6.30. The van der Waals surface area contributed by atoms with Crippen LogP contribution in [-0.2, 0) is 10.3 Å². The molecule has 0 aromatic heterocycles. The first-order chi connectivity index (χ1) is 9.51. The molecule has 0 bridgehead atoms. The first-order valence-corrected chi connectivity index (χ1v) is 6.61. The summed E-state index contributed by atoms with van der Waals surface area (Å²) in [6, 6.07) is 4.68. The molecule has 1 saturated carbocycles. The number of cyclic esters (lactones) is 1. The predicted molar refractivity (Wildman–Crippen MR) is 72.8 cm³/mol. The number of rotatable bonds is 1. The second kappa shape index (κ2) is 4.65. The van der Waals surface area contributed by atoms with Gasteiger partial charge in [-0.2, -0.15) is 0 Å². The van der Waals surface area contributed by atoms with Crippen LogP contribution in [0.1, 0.15) is 18.4 Å². The first-order valence-electron chi connectivity index (χ1n) is 6.23. The minimum atomic E-state index is -1.96. The number of amides is 1. The lowest BCUT2D eigenvalue weighted by Crippen LogP contribution is -2.49. The van der Waals surface area contributed by atoms with Crippen LogP contribution in [0.5, 0.6) is 0 Å². The molecule has 1 heterocycles. The van der Waals surface area contributed by atoms with Crippen molar-refractivity contribution >= 4 is 23.4 Å². The van der Waals surface area contributed by atoms with Gasteiger partial charge in [-0.1, -0.05) is 17.5 Å².